The zero-order valence-corrected chi connectivity index (χ0v) is 5.88. The molecule has 10 heavy (non-hydrogen) atoms. The largest absolute Gasteiger partial charge is 0.454 e. The molecule has 1 aromatic heterocycles. The molecule has 2 heterocycles. The average molecular weight is 140 g/mol. The lowest BCUT2D eigenvalue weighted by Crippen LogP contribution is -2.34. The van der Waals surface area contributed by atoms with E-state index in [0.717, 1.165) is 11.5 Å². The highest BCUT2D eigenvalue weighted by atomic mass is 16.7. The molecule has 0 atom stereocenters. The molecule has 3 rings (SSSR count). The third-order valence-electron chi connectivity index (χ3n) is 1.83. The molecule has 0 unspecified atom stereocenters. The van der Waals surface area contributed by atoms with Crippen molar-refractivity contribution in [1.29, 1.82) is 0 Å². The van der Waals surface area contributed by atoms with Gasteiger partial charge >= 0.3 is 0 Å². The number of methoxy groups -OCH3 is 2. The van der Waals surface area contributed by atoms with Crippen molar-refractivity contribution < 1.29 is 13.9 Å². The molecule has 0 fully saturated rings. The van der Waals surface area contributed by atoms with Crippen LogP contribution in [0.4, 0.5) is 0 Å². The molecule has 0 N–H and O–H groups in total. The fourth-order valence-corrected chi connectivity index (χ4v) is 1.25. The minimum Gasteiger partial charge on any atom is -0.454 e. The van der Waals surface area contributed by atoms with Crippen LogP contribution in [0.2, 0.25) is 0 Å². The van der Waals surface area contributed by atoms with E-state index in [4.69, 9.17) is 13.9 Å². The number of furan rings is 1. The van der Waals surface area contributed by atoms with Crippen molar-refractivity contribution in [3.63, 3.8) is 0 Å². The van der Waals surface area contributed by atoms with Crippen molar-refractivity contribution in [2.45, 2.75) is 5.79 Å². The van der Waals surface area contributed by atoms with Gasteiger partial charge in [0.2, 0.25) is 0 Å². The molecule has 0 saturated heterocycles. The van der Waals surface area contributed by atoms with Crippen LogP contribution in [0.1, 0.15) is 11.5 Å². The molecule has 0 radical (unpaired) electrons. The van der Waals surface area contributed by atoms with Crippen molar-refractivity contribution in [2.24, 2.45) is 0 Å². The van der Waals surface area contributed by atoms with Crippen LogP contribution in [0.25, 0.3) is 0 Å². The van der Waals surface area contributed by atoms with Crippen molar-refractivity contribution >= 4 is 0 Å². The smallest absolute Gasteiger partial charge is 0.288 e. The lowest BCUT2D eigenvalue weighted by atomic mass is 10.2. The van der Waals surface area contributed by atoms with Gasteiger partial charge in [-0.15, -0.1) is 0 Å². The standard InChI is InChI=1S/C7H8O3/c1-8-7(9-2)5-3-4-6(7)10-5/h3-4H,1-2H3. The van der Waals surface area contributed by atoms with Gasteiger partial charge in [0, 0.05) is 14.2 Å². The van der Waals surface area contributed by atoms with Gasteiger partial charge in [0.25, 0.3) is 5.79 Å². The number of fused-ring (bicyclic) bond motifs is 1. The van der Waals surface area contributed by atoms with Crippen LogP contribution in [0.15, 0.2) is 16.5 Å². The van der Waals surface area contributed by atoms with Crippen molar-refractivity contribution in [2.75, 3.05) is 14.2 Å². The van der Waals surface area contributed by atoms with Crippen molar-refractivity contribution in [3.8, 4) is 0 Å². The molecule has 1 aliphatic heterocycles. The third kappa shape index (κ3) is 0.403. The minimum absolute atomic E-state index is 0.667. The Balaban J connectivity index is 2.40. The maximum absolute atomic E-state index is 5.13. The Morgan fingerprint density at radius 1 is 1.20 bits per heavy atom. The lowest BCUT2D eigenvalue weighted by Gasteiger charge is -2.30. The molecule has 2 bridgehead atoms. The second-order valence-corrected chi connectivity index (χ2v) is 2.19. The normalized spacial score (nSPS) is 18.6. The Hall–Kier alpha value is -0.800. The van der Waals surface area contributed by atoms with Gasteiger partial charge in [0.15, 0.2) is 11.5 Å². The van der Waals surface area contributed by atoms with E-state index in [-0.39, 0.29) is 0 Å². The third-order valence-corrected chi connectivity index (χ3v) is 1.83. The van der Waals surface area contributed by atoms with E-state index in [9.17, 15) is 0 Å². The van der Waals surface area contributed by atoms with Crippen LogP contribution in [0.3, 0.4) is 0 Å². The number of hydrogen-bond donors (Lipinski definition) is 0. The van der Waals surface area contributed by atoms with Crippen LogP contribution in [0, 0.1) is 0 Å². The highest BCUT2D eigenvalue weighted by Gasteiger charge is 2.49. The highest BCUT2D eigenvalue weighted by Crippen LogP contribution is 2.44. The monoisotopic (exact) mass is 140 g/mol. The fraction of sp³-hybridized carbons (Fsp3) is 0.429. The van der Waals surface area contributed by atoms with E-state index < -0.39 is 5.79 Å². The predicted molar refractivity (Wildman–Crippen MR) is 33.5 cm³/mol. The predicted octanol–water partition coefficient (Wildman–Crippen LogP) is 1.09. The van der Waals surface area contributed by atoms with Crippen LogP contribution < -0.4 is 0 Å². The van der Waals surface area contributed by atoms with Gasteiger partial charge in [0.1, 0.15) is 0 Å². The zero-order valence-electron chi connectivity index (χ0n) is 5.88. The summed E-state index contributed by atoms with van der Waals surface area (Å²) in [5.41, 5.74) is 0. The molecule has 1 aromatic rings. The van der Waals surface area contributed by atoms with E-state index >= 15 is 0 Å². The van der Waals surface area contributed by atoms with Gasteiger partial charge in [-0.3, -0.25) is 0 Å². The van der Waals surface area contributed by atoms with Crippen LogP contribution in [0.5, 0.6) is 0 Å². The summed E-state index contributed by atoms with van der Waals surface area (Å²) in [7, 11) is 3.19. The van der Waals surface area contributed by atoms with Crippen molar-refractivity contribution in [1.82, 2.24) is 0 Å². The zero-order chi connectivity index (χ0) is 7.19. The number of ether oxygens (including phenoxy) is 2. The first kappa shape index (κ1) is 5.95. The van der Waals surface area contributed by atoms with E-state index in [1.807, 2.05) is 12.1 Å². The van der Waals surface area contributed by atoms with E-state index in [0.29, 0.717) is 0 Å². The molecule has 0 aromatic carbocycles. The summed E-state index contributed by atoms with van der Waals surface area (Å²) in [6.07, 6.45) is 0. The van der Waals surface area contributed by atoms with Crippen LogP contribution in [-0.2, 0) is 15.3 Å². The lowest BCUT2D eigenvalue weighted by molar-refractivity contribution is -0.232. The van der Waals surface area contributed by atoms with E-state index in [2.05, 4.69) is 0 Å². The number of hydrogen-bond acceptors (Lipinski definition) is 3. The summed E-state index contributed by atoms with van der Waals surface area (Å²) >= 11 is 0. The Kier molecular flexibility index (Phi) is 0.963. The Morgan fingerprint density at radius 3 is 1.90 bits per heavy atom. The summed E-state index contributed by atoms with van der Waals surface area (Å²) < 4.78 is 15.4. The molecular formula is C7H8O3. The second-order valence-electron chi connectivity index (χ2n) is 2.19. The maximum atomic E-state index is 5.13. The first-order valence-corrected chi connectivity index (χ1v) is 3.04. The first-order valence-electron chi connectivity index (χ1n) is 3.04. The molecule has 54 valence electrons. The summed E-state index contributed by atoms with van der Waals surface area (Å²) in [5, 5.41) is 0. The number of rotatable bonds is 2. The molecule has 2 aliphatic rings. The Morgan fingerprint density at radius 2 is 1.70 bits per heavy atom. The van der Waals surface area contributed by atoms with Gasteiger partial charge in [-0.2, -0.15) is 0 Å². The summed E-state index contributed by atoms with van der Waals surface area (Å²) in [5.74, 6) is 0.819. The average Bonchev–Trinajstić information content (AvgIpc) is 2.48. The molecule has 0 saturated carbocycles. The SMILES string of the molecule is COC1(OC)c2ccc1o2. The summed E-state index contributed by atoms with van der Waals surface area (Å²) in [4.78, 5) is 0. The molecule has 0 spiro atoms. The highest BCUT2D eigenvalue weighted by molar-refractivity contribution is 5.31. The molecule has 3 nitrogen and oxygen atoms in total. The van der Waals surface area contributed by atoms with E-state index in [1.165, 1.54) is 0 Å². The molecule has 1 aliphatic carbocycles. The maximum Gasteiger partial charge on any atom is 0.288 e. The van der Waals surface area contributed by atoms with Gasteiger partial charge in [-0.05, 0) is 12.1 Å². The Bertz CT molecular complexity index is 219. The molecular weight excluding hydrogens is 132 g/mol. The van der Waals surface area contributed by atoms with Gasteiger partial charge in [-0.1, -0.05) is 0 Å². The second kappa shape index (κ2) is 1.62. The van der Waals surface area contributed by atoms with Gasteiger partial charge in [0.05, 0.1) is 0 Å². The van der Waals surface area contributed by atoms with Gasteiger partial charge in [-0.25, -0.2) is 0 Å². The minimum atomic E-state index is -0.667. The van der Waals surface area contributed by atoms with Crippen LogP contribution in [-0.4, -0.2) is 14.2 Å². The summed E-state index contributed by atoms with van der Waals surface area (Å²) in [6, 6.07) is 3.70. The quantitative estimate of drug-likeness (QED) is 0.576. The first-order chi connectivity index (χ1) is 4.83. The summed E-state index contributed by atoms with van der Waals surface area (Å²) in [6.45, 7) is 0. The van der Waals surface area contributed by atoms with Gasteiger partial charge < -0.3 is 13.9 Å². The molecule has 3 heteroatoms. The Labute approximate surface area is 58.5 Å². The topological polar surface area (TPSA) is 31.6 Å². The van der Waals surface area contributed by atoms with Crippen molar-refractivity contribution in [3.05, 3.63) is 23.7 Å². The fourth-order valence-electron chi connectivity index (χ4n) is 1.25. The van der Waals surface area contributed by atoms with E-state index in [1.54, 1.807) is 14.2 Å². The molecule has 0 amide bonds. The van der Waals surface area contributed by atoms with Crippen LogP contribution >= 0.6 is 0 Å².